The highest BCUT2D eigenvalue weighted by Gasteiger charge is 2.12. The summed E-state index contributed by atoms with van der Waals surface area (Å²) < 4.78 is 11.4. The Balaban J connectivity index is 1.62. The topological polar surface area (TPSA) is 38.7 Å². The van der Waals surface area contributed by atoms with Crippen molar-refractivity contribution in [3.63, 3.8) is 0 Å². The van der Waals surface area contributed by atoms with Crippen LogP contribution in [-0.2, 0) is 22.7 Å². The summed E-state index contributed by atoms with van der Waals surface area (Å²) in [7, 11) is 0. The molecule has 2 rings (SSSR count). The molecule has 0 saturated carbocycles. The van der Waals surface area contributed by atoms with Crippen LogP contribution < -0.4 is 0 Å². The van der Waals surface area contributed by atoms with E-state index in [0.29, 0.717) is 32.7 Å². The van der Waals surface area contributed by atoms with E-state index in [0.717, 1.165) is 11.1 Å². The van der Waals surface area contributed by atoms with Gasteiger partial charge in [-0.05, 0) is 17.5 Å². The number of benzene rings is 2. The Morgan fingerprint density at radius 2 is 1.50 bits per heavy atom. The SMILES string of the molecule is C=C[C@H](C[C@@H](O)CCOCc1ccccc1)OCc1ccccc1. The third-order valence-electron chi connectivity index (χ3n) is 3.78. The fraction of sp³-hybridized carbons (Fsp3) is 0.333. The number of hydrogen-bond donors (Lipinski definition) is 1. The van der Waals surface area contributed by atoms with Crippen molar-refractivity contribution in [3.05, 3.63) is 84.4 Å². The molecule has 128 valence electrons. The predicted molar refractivity (Wildman–Crippen MR) is 96.6 cm³/mol. The van der Waals surface area contributed by atoms with Gasteiger partial charge in [-0.1, -0.05) is 66.7 Å². The summed E-state index contributed by atoms with van der Waals surface area (Å²) >= 11 is 0. The first kappa shape index (κ1) is 18.4. The monoisotopic (exact) mass is 326 g/mol. The van der Waals surface area contributed by atoms with E-state index in [4.69, 9.17) is 9.47 Å². The van der Waals surface area contributed by atoms with Gasteiger partial charge in [-0.2, -0.15) is 0 Å². The second-order valence-corrected chi connectivity index (χ2v) is 5.79. The summed E-state index contributed by atoms with van der Waals surface area (Å²) in [5, 5.41) is 10.1. The van der Waals surface area contributed by atoms with E-state index in [1.807, 2.05) is 60.7 Å². The molecule has 0 radical (unpaired) electrons. The summed E-state index contributed by atoms with van der Waals surface area (Å²) in [5.74, 6) is 0. The predicted octanol–water partition coefficient (Wildman–Crippen LogP) is 4.12. The lowest BCUT2D eigenvalue weighted by atomic mass is 10.1. The molecule has 3 nitrogen and oxygen atoms in total. The molecule has 2 aromatic rings. The van der Waals surface area contributed by atoms with Crippen LogP contribution in [0.1, 0.15) is 24.0 Å². The van der Waals surface area contributed by atoms with Crippen molar-refractivity contribution >= 4 is 0 Å². The molecule has 0 amide bonds. The van der Waals surface area contributed by atoms with E-state index >= 15 is 0 Å². The summed E-state index contributed by atoms with van der Waals surface area (Å²) in [6.45, 7) is 5.42. The highest BCUT2D eigenvalue weighted by molar-refractivity contribution is 5.14. The molecule has 1 N–H and O–H groups in total. The average Bonchev–Trinajstić information content (AvgIpc) is 2.64. The smallest absolute Gasteiger partial charge is 0.0782 e. The van der Waals surface area contributed by atoms with Gasteiger partial charge >= 0.3 is 0 Å². The molecule has 0 bridgehead atoms. The highest BCUT2D eigenvalue weighted by Crippen LogP contribution is 2.11. The van der Waals surface area contributed by atoms with Crippen molar-refractivity contribution < 1.29 is 14.6 Å². The maximum Gasteiger partial charge on any atom is 0.0782 e. The number of ether oxygens (including phenoxy) is 2. The fourth-order valence-corrected chi connectivity index (χ4v) is 2.38. The van der Waals surface area contributed by atoms with Crippen molar-refractivity contribution in [2.45, 2.75) is 38.3 Å². The van der Waals surface area contributed by atoms with Crippen molar-refractivity contribution in [3.8, 4) is 0 Å². The van der Waals surface area contributed by atoms with Gasteiger partial charge in [0.05, 0.1) is 25.4 Å². The molecule has 0 fully saturated rings. The molecule has 24 heavy (non-hydrogen) atoms. The average molecular weight is 326 g/mol. The van der Waals surface area contributed by atoms with Gasteiger partial charge in [0.25, 0.3) is 0 Å². The second kappa shape index (κ2) is 10.8. The van der Waals surface area contributed by atoms with Crippen LogP contribution in [-0.4, -0.2) is 23.9 Å². The number of rotatable bonds is 11. The molecule has 0 aliphatic rings. The minimum Gasteiger partial charge on any atom is -0.393 e. The summed E-state index contributed by atoms with van der Waals surface area (Å²) in [6, 6.07) is 20.0. The molecular weight excluding hydrogens is 300 g/mol. The fourth-order valence-electron chi connectivity index (χ4n) is 2.38. The minimum atomic E-state index is -0.459. The van der Waals surface area contributed by atoms with Crippen LogP contribution in [0.3, 0.4) is 0 Å². The maximum atomic E-state index is 10.1. The lowest BCUT2D eigenvalue weighted by molar-refractivity contribution is 0.0153. The third kappa shape index (κ3) is 7.09. The van der Waals surface area contributed by atoms with E-state index < -0.39 is 6.10 Å². The van der Waals surface area contributed by atoms with Crippen molar-refractivity contribution in [1.82, 2.24) is 0 Å². The first-order valence-corrected chi connectivity index (χ1v) is 8.35. The van der Waals surface area contributed by atoms with E-state index in [2.05, 4.69) is 6.58 Å². The molecule has 2 atom stereocenters. The van der Waals surface area contributed by atoms with Crippen LogP contribution in [0.15, 0.2) is 73.3 Å². The van der Waals surface area contributed by atoms with Gasteiger partial charge in [-0.3, -0.25) is 0 Å². The Morgan fingerprint density at radius 3 is 2.08 bits per heavy atom. The van der Waals surface area contributed by atoms with Gasteiger partial charge in [0.15, 0.2) is 0 Å². The van der Waals surface area contributed by atoms with Crippen molar-refractivity contribution in [2.24, 2.45) is 0 Å². The Hall–Kier alpha value is -1.94. The van der Waals surface area contributed by atoms with Crippen molar-refractivity contribution in [2.75, 3.05) is 6.61 Å². The molecule has 0 heterocycles. The van der Waals surface area contributed by atoms with Gasteiger partial charge < -0.3 is 14.6 Å². The van der Waals surface area contributed by atoms with Gasteiger partial charge in [-0.15, -0.1) is 6.58 Å². The zero-order valence-electron chi connectivity index (χ0n) is 14.0. The molecule has 0 aliphatic heterocycles. The Morgan fingerprint density at radius 1 is 0.917 bits per heavy atom. The lowest BCUT2D eigenvalue weighted by Crippen LogP contribution is -2.20. The van der Waals surface area contributed by atoms with Crippen molar-refractivity contribution in [1.29, 1.82) is 0 Å². The first-order valence-electron chi connectivity index (χ1n) is 8.35. The molecule has 0 saturated heterocycles. The van der Waals surface area contributed by atoms with Crippen LogP contribution in [0, 0.1) is 0 Å². The summed E-state index contributed by atoms with van der Waals surface area (Å²) in [6.07, 6.45) is 2.25. The van der Waals surface area contributed by atoms with E-state index in [-0.39, 0.29) is 6.10 Å². The van der Waals surface area contributed by atoms with Gasteiger partial charge in [0.2, 0.25) is 0 Å². The third-order valence-corrected chi connectivity index (χ3v) is 3.78. The lowest BCUT2D eigenvalue weighted by Gasteiger charge is -2.18. The molecular formula is C21H26O3. The quantitative estimate of drug-likeness (QED) is 0.499. The molecule has 0 aromatic heterocycles. The first-order chi connectivity index (χ1) is 11.8. The number of hydrogen-bond acceptors (Lipinski definition) is 3. The van der Waals surface area contributed by atoms with E-state index in [1.54, 1.807) is 6.08 Å². The number of aliphatic hydroxyl groups excluding tert-OH is 1. The molecule has 2 aromatic carbocycles. The zero-order chi connectivity index (χ0) is 17.0. The summed E-state index contributed by atoms with van der Waals surface area (Å²) in [4.78, 5) is 0. The summed E-state index contributed by atoms with van der Waals surface area (Å²) in [5.41, 5.74) is 2.26. The zero-order valence-corrected chi connectivity index (χ0v) is 14.0. The van der Waals surface area contributed by atoms with Crippen LogP contribution in [0.5, 0.6) is 0 Å². The Kier molecular flexibility index (Phi) is 8.25. The van der Waals surface area contributed by atoms with Gasteiger partial charge in [0.1, 0.15) is 0 Å². The Labute approximate surface area is 144 Å². The van der Waals surface area contributed by atoms with Gasteiger partial charge in [0, 0.05) is 13.0 Å². The molecule has 0 spiro atoms. The second-order valence-electron chi connectivity index (χ2n) is 5.79. The Bertz CT molecular complexity index is 568. The largest absolute Gasteiger partial charge is 0.393 e. The van der Waals surface area contributed by atoms with Crippen LogP contribution in [0.25, 0.3) is 0 Å². The molecule has 0 unspecified atom stereocenters. The normalized spacial score (nSPS) is 13.4. The van der Waals surface area contributed by atoms with Crippen LogP contribution in [0.4, 0.5) is 0 Å². The van der Waals surface area contributed by atoms with Crippen LogP contribution >= 0.6 is 0 Å². The van der Waals surface area contributed by atoms with Crippen LogP contribution in [0.2, 0.25) is 0 Å². The maximum absolute atomic E-state index is 10.1. The highest BCUT2D eigenvalue weighted by atomic mass is 16.5. The molecule has 3 heteroatoms. The molecule has 0 aliphatic carbocycles. The number of aliphatic hydroxyl groups is 1. The standard InChI is InChI=1S/C21H26O3/c1-2-21(24-17-19-11-7-4-8-12-19)15-20(22)13-14-23-16-18-9-5-3-6-10-18/h2-12,20-22H,1,13-17H2/t20-,21+/m0/s1. The van der Waals surface area contributed by atoms with E-state index in [1.165, 1.54) is 0 Å². The van der Waals surface area contributed by atoms with E-state index in [9.17, 15) is 5.11 Å². The van der Waals surface area contributed by atoms with Gasteiger partial charge in [-0.25, -0.2) is 0 Å². The minimum absolute atomic E-state index is 0.158.